The third kappa shape index (κ3) is 3.33. The van der Waals surface area contributed by atoms with E-state index in [0.717, 1.165) is 15.6 Å². The van der Waals surface area contributed by atoms with E-state index in [-0.39, 0.29) is 5.57 Å². The predicted octanol–water partition coefficient (Wildman–Crippen LogP) is 3.02. The molecule has 0 fully saturated rings. The normalized spacial score (nSPS) is 18.1. The summed E-state index contributed by atoms with van der Waals surface area (Å²) >= 11 is 2.84. The van der Waals surface area contributed by atoms with E-state index in [4.69, 9.17) is 10.00 Å². The molecule has 15 heavy (non-hydrogen) atoms. The number of nitriles is 1. The third-order valence-electron chi connectivity index (χ3n) is 1.54. The van der Waals surface area contributed by atoms with E-state index < -0.39 is 5.97 Å². The summed E-state index contributed by atoms with van der Waals surface area (Å²) < 4.78 is 5.64. The van der Waals surface area contributed by atoms with Crippen molar-refractivity contribution in [1.82, 2.24) is 0 Å². The summed E-state index contributed by atoms with van der Waals surface area (Å²) in [5.74, 6) is -0.516. The zero-order valence-corrected chi connectivity index (χ0v) is 10.2. The zero-order chi connectivity index (χ0) is 11.3. The minimum Gasteiger partial charge on any atom is -0.462 e. The molecular weight excluding hydrogens is 230 g/mol. The maximum atomic E-state index is 11.5. The molecule has 1 aliphatic heterocycles. The fourth-order valence-corrected chi connectivity index (χ4v) is 2.99. The lowest BCUT2D eigenvalue weighted by Crippen LogP contribution is -2.08. The molecule has 0 saturated heterocycles. The average molecular weight is 241 g/mol. The van der Waals surface area contributed by atoms with Crippen molar-refractivity contribution in [2.45, 2.75) is 20.3 Å². The number of carbonyl (C=O) groups is 1. The summed E-state index contributed by atoms with van der Waals surface area (Å²) in [6.07, 6.45) is 0.761. The third-order valence-corrected chi connectivity index (χ3v) is 3.95. The van der Waals surface area contributed by atoms with Crippen LogP contribution in [0, 0.1) is 11.3 Å². The fraction of sp³-hybridized carbons (Fsp3) is 0.400. The van der Waals surface area contributed by atoms with Gasteiger partial charge in [-0.25, -0.2) is 4.79 Å². The van der Waals surface area contributed by atoms with Gasteiger partial charge in [0.25, 0.3) is 0 Å². The lowest BCUT2D eigenvalue weighted by atomic mass is 10.3. The molecule has 3 nitrogen and oxygen atoms in total. The number of esters is 1. The molecule has 0 unspecified atom stereocenters. The van der Waals surface area contributed by atoms with Crippen LogP contribution < -0.4 is 0 Å². The highest BCUT2D eigenvalue weighted by molar-refractivity contribution is 8.28. The molecule has 0 aromatic carbocycles. The van der Waals surface area contributed by atoms with Crippen molar-refractivity contribution in [2.75, 3.05) is 6.61 Å². The maximum Gasteiger partial charge on any atom is 0.350 e. The van der Waals surface area contributed by atoms with Crippen molar-refractivity contribution in [2.24, 2.45) is 0 Å². The summed E-state index contributed by atoms with van der Waals surface area (Å²) in [7, 11) is 0. The van der Waals surface area contributed by atoms with Gasteiger partial charge in [0.05, 0.1) is 10.8 Å². The monoisotopic (exact) mass is 241 g/mol. The minimum absolute atomic E-state index is 0.117. The van der Waals surface area contributed by atoms with E-state index in [1.807, 2.05) is 25.3 Å². The van der Waals surface area contributed by atoms with Crippen molar-refractivity contribution in [3.8, 4) is 6.07 Å². The number of allylic oxidation sites excluding steroid dienone is 1. The highest BCUT2D eigenvalue weighted by atomic mass is 32.2. The van der Waals surface area contributed by atoms with Crippen molar-refractivity contribution in [3.05, 3.63) is 20.1 Å². The van der Waals surface area contributed by atoms with Gasteiger partial charge in [-0.15, -0.1) is 0 Å². The molecule has 1 aliphatic rings. The molecular formula is C10H11NO2S2. The molecule has 0 N–H and O–H groups in total. The first kappa shape index (κ1) is 12.2. The molecule has 0 aliphatic carbocycles. The second kappa shape index (κ2) is 5.89. The molecule has 1 rings (SSSR count). The van der Waals surface area contributed by atoms with E-state index in [2.05, 4.69) is 0 Å². The van der Waals surface area contributed by atoms with Crippen molar-refractivity contribution >= 4 is 29.5 Å². The van der Waals surface area contributed by atoms with Gasteiger partial charge in [0.2, 0.25) is 0 Å². The molecule has 1 heterocycles. The Kier molecular flexibility index (Phi) is 4.79. The number of rotatable bonds is 3. The first-order chi connectivity index (χ1) is 7.19. The van der Waals surface area contributed by atoms with Crippen LogP contribution in [-0.4, -0.2) is 12.6 Å². The van der Waals surface area contributed by atoms with Gasteiger partial charge < -0.3 is 4.74 Å². The van der Waals surface area contributed by atoms with Crippen LogP contribution in [0.25, 0.3) is 0 Å². The van der Waals surface area contributed by atoms with Crippen molar-refractivity contribution < 1.29 is 9.53 Å². The van der Waals surface area contributed by atoms with Gasteiger partial charge in [0.1, 0.15) is 6.07 Å². The molecule has 0 bridgehead atoms. The van der Waals surface area contributed by atoms with Gasteiger partial charge in [0, 0.05) is 0 Å². The van der Waals surface area contributed by atoms with Gasteiger partial charge in [-0.2, -0.15) is 5.26 Å². The fourth-order valence-electron chi connectivity index (χ4n) is 0.882. The molecule has 0 amide bonds. The Hall–Kier alpha value is -0.860. The molecule has 0 radical (unpaired) electrons. The summed E-state index contributed by atoms with van der Waals surface area (Å²) in [4.78, 5) is 12.6. The summed E-state index contributed by atoms with van der Waals surface area (Å²) in [5, 5.41) is 10.8. The topological polar surface area (TPSA) is 50.1 Å². The summed E-state index contributed by atoms with van der Waals surface area (Å²) in [6, 6.07) is 1.90. The largest absolute Gasteiger partial charge is 0.462 e. The predicted molar refractivity (Wildman–Crippen MR) is 62.8 cm³/mol. The quantitative estimate of drug-likeness (QED) is 0.432. The van der Waals surface area contributed by atoms with Crippen LogP contribution in [0.5, 0.6) is 0 Å². The van der Waals surface area contributed by atoms with Gasteiger partial charge in [-0.1, -0.05) is 30.4 Å². The zero-order valence-electron chi connectivity index (χ0n) is 8.57. The number of ether oxygens (including phenoxy) is 1. The Morgan fingerprint density at radius 2 is 2.40 bits per heavy atom. The first-order valence-electron chi connectivity index (χ1n) is 4.51. The van der Waals surface area contributed by atoms with Crippen LogP contribution in [0.1, 0.15) is 20.3 Å². The van der Waals surface area contributed by atoms with Crippen LogP contribution in [0.15, 0.2) is 20.1 Å². The van der Waals surface area contributed by atoms with Gasteiger partial charge in [0.15, 0.2) is 5.57 Å². The number of thioether (sulfide) groups is 2. The summed E-state index contributed by atoms with van der Waals surface area (Å²) in [6.45, 7) is 4.22. The summed E-state index contributed by atoms with van der Waals surface area (Å²) in [5.41, 5.74) is 0.117. The Balaban J connectivity index is 2.73. The maximum absolute atomic E-state index is 11.5. The standard InChI is InChI=1S/C10H11NO2S2/c1-3-4-13-9(12)8(5-11)10-14-6-7(2)15-10/h6H,3-4H2,1-2H3. The lowest BCUT2D eigenvalue weighted by Gasteiger charge is -2.03. The number of carbonyl (C=O) groups excluding carboxylic acids is 1. The molecule has 0 spiro atoms. The van der Waals surface area contributed by atoms with Crippen molar-refractivity contribution in [3.63, 3.8) is 0 Å². The molecule has 0 saturated carbocycles. The molecule has 80 valence electrons. The molecule has 0 aromatic rings. The van der Waals surface area contributed by atoms with Gasteiger partial charge >= 0.3 is 5.97 Å². The Morgan fingerprint density at radius 3 is 2.87 bits per heavy atom. The smallest absolute Gasteiger partial charge is 0.350 e. The van der Waals surface area contributed by atoms with E-state index >= 15 is 0 Å². The second-order valence-electron chi connectivity index (χ2n) is 2.86. The van der Waals surface area contributed by atoms with E-state index in [0.29, 0.717) is 6.61 Å². The molecule has 5 heteroatoms. The lowest BCUT2D eigenvalue weighted by molar-refractivity contribution is -0.138. The molecule has 0 atom stereocenters. The van der Waals surface area contributed by atoms with Crippen LogP contribution in [0.3, 0.4) is 0 Å². The Morgan fingerprint density at radius 1 is 1.67 bits per heavy atom. The van der Waals surface area contributed by atoms with E-state index in [1.165, 1.54) is 23.5 Å². The second-order valence-corrected chi connectivity index (χ2v) is 5.25. The highest BCUT2D eigenvalue weighted by Crippen LogP contribution is 2.44. The molecule has 0 aromatic heterocycles. The Labute approximate surface area is 97.6 Å². The number of hydrogen-bond donors (Lipinski definition) is 0. The van der Waals surface area contributed by atoms with Crippen LogP contribution >= 0.6 is 23.5 Å². The highest BCUT2D eigenvalue weighted by Gasteiger charge is 2.20. The van der Waals surface area contributed by atoms with Gasteiger partial charge in [-0.3, -0.25) is 0 Å². The van der Waals surface area contributed by atoms with E-state index in [1.54, 1.807) is 0 Å². The minimum atomic E-state index is -0.516. The van der Waals surface area contributed by atoms with Gasteiger partial charge in [-0.05, 0) is 23.7 Å². The average Bonchev–Trinajstić information content (AvgIpc) is 2.63. The van der Waals surface area contributed by atoms with Crippen LogP contribution in [0.4, 0.5) is 0 Å². The van der Waals surface area contributed by atoms with Crippen LogP contribution in [0.2, 0.25) is 0 Å². The van der Waals surface area contributed by atoms with Crippen molar-refractivity contribution in [1.29, 1.82) is 5.26 Å². The van der Waals surface area contributed by atoms with E-state index in [9.17, 15) is 4.79 Å². The number of nitrogens with zero attached hydrogens (tertiary/aromatic N) is 1. The number of hydrogen-bond acceptors (Lipinski definition) is 5. The Bertz CT molecular complexity index is 366. The van der Waals surface area contributed by atoms with Crippen LogP contribution in [-0.2, 0) is 9.53 Å². The SMILES string of the molecule is CCCOC(=O)C(C#N)=C1SC=C(C)S1. The first-order valence-corrected chi connectivity index (χ1v) is 6.21.